The number of carbonyl (C=O) groups excluding carboxylic acids is 1. The molecule has 0 unspecified atom stereocenters. The van der Waals surface area contributed by atoms with Crippen LogP contribution in [0.15, 0.2) is 53.3 Å². The Bertz CT molecular complexity index is 971. The van der Waals surface area contributed by atoms with E-state index in [-0.39, 0.29) is 18.1 Å². The van der Waals surface area contributed by atoms with Crippen molar-refractivity contribution in [2.24, 2.45) is 0 Å². The highest BCUT2D eigenvalue weighted by Gasteiger charge is 2.14. The number of nitrogens with one attached hydrogen (secondary N) is 2. The second-order valence-corrected chi connectivity index (χ2v) is 6.13. The maximum absolute atomic E-state index is 12.6. The van der Waals surface area contributed by atoms with Gasteiger partial charge in [-0.05, 0) is 43.3 Å². The second kappa shape index (κ2) is 8.01. The number of benzene rings is 2. The molecule has 2 aromatic carbocycles. The summed E-state index contributed by atoms with van der Waals surface area (Å²) in [6.45, 7) is 6.18. The molecule has 0 aliphatic heterocycles. The summed E-state index contributed by atoms with van der Waals surface area (Å²) in [6.07, 6.45) is 0. The smallest absolute Gasteiger partial charge is 0.325 e. The average Bonchev–Trinajstić information content (AvgIpc) is 2.91. The summed E-state index contributed by atoms with van der Waals surface area (Å²) in [7, 11) is 0. The predicted molar refractivity (Wildman–Crippen MR) is 104 cm³/mol. The minimum absolute atomic E-state index is 0.0101. The van der Waals surface area contributed by atoms with E-state index < -0.39 is 0 Å². The van der Waals surface area contributed by atoms with Gasteiger partial charge < -0.3 is 10.6 Å². The Labute approximate surface area is 152 Å². The van der Waals surface area contributed by atoms with E-state index in [0.29, 0.717) is 6.54 Å². The first-order valence-electron chi connectivity index (χ1n) is 8.91. The molecule has 0 radical (unpaired) electrons. The lowest BCUT2D eigenvalue weighted by molar-refractivity contribution is -0.116. The van der Waals surface area contributed by atoms with Crippen LogP contribution in [0.5, 0.6) is 0 Å². The third-order valence-electron chi connectivity index (χ3n) is 4.33. The van der Waals surface area contributed by atoms with Gasteiger partial charge in [0.2, 0.25) is 5.91 Å². The molecule has 0 atom stereocenters. The molecule has 3 aromatic rings. The zero-order valence-electron chi connectivity index (χ0n) is 15.2. The first-order valence-corrected chi connectivity index (χ1v) is 8.91. The number of aromatic nitrogens is 2. The van der Waals surface area contributed by atoms with Gasteiger partial charge in [-0.15, -0.1) is 0 Å². The molecule has 6 nitrogen and oxygen atoms in total. The lowest BCUT2D eigenvalue weighted by Crippen LogP contribution is -2.29. The standard InChI is InChI=1S/C20H24N4O2/c1-3-21-13-15-8-7-9-16(12-15)22-19(25)14-24-18-11-6-5-10-17(18)23(4-2)20(24)26/h5-12,21H,3-4,13-14H2,1-2H3,(H,22,25). The van der Waals surface area contributed by atoms with Crippen molar-refractivity contribution in [3.8, 4) is 0 Å². The summed E-state index contributed by atoms with van der Waals surface area (Å²) in [4.78, 5) is 25.1. The number of imidazole rings is 1. The van der Waals surface area contributed by atoms with Gasteiger partial charge in [-0.1, -0.05) is 31.2 Å². The monoisotopic (exact) mass is 352 g/mol. The van der Waals surface area contributed by atoms with Crippen LogP contribution in [0.2, 0.25) is 0 Å². The van der Waals surface area contributed by atoms with Gasteiger partial charge >= 0.3 is 5.69 Å². The summed E-state index contributed by atoms with van der Waals surface area (Å²) in [5.41, 5.74) is 3.29. The first kappa shape index (κ1) is 17.9. The van der Waals surface area contributed by atoms with Crippen LogP contribution in [0.1, 0.15) is 19.4 Å². The Morgan fingerprint density at radius 1 is 1.00 bits per heavy atom. The van der Waals surface area contributed by atoms with E-state index in [2.05, 4.69) is 17.6 Å². The molecule has 6 heteroatoms. The molecule has 0 aliphatic rings. The number of fused-ring (bicyclic) bond motifs is 1. The fourth-order valence-corrected chi connectivity index (χ4v) is 3.10. The highest BCUT2D eigenvalue weighted by atomic mass is 16.2. The van der Waals surface area contributed by atoms with Gasteiger partial charge in [0.25, 0.3) is 0 Å². The van der Waals surface area contributed by atoms with Crippen LogP contribution in [0.4, 0.5) is 5.69 Å². The van der Waals surface area contributed by atoms with E-state index in [4.69, 9.17) is 0 Å². The molecule has 1 heterocycles. The van der Waals surface area contributed by atoms with Crippen molar-refractivity contribution < 1.29 is 4.79 Å². The molecule has 3 rings (SSSR count). The summed E-state index contributed by atoms with van der Waals surface area (Å²) in [5.74, 6) is -0.216. The van der Waals surface area contributed by atoms with E-state index in [1.165, 1.54) is 4.57 Å². The van der Waals surface area contributed by atoms with Gasteiger partial charge in [0.15, 0.2) is 0 Å². The number of anilines is 1. The number of hydrogen-bond donors (Lipinski definition) is 2. The maximum Gasteiger partial charge on any atom is 0.329 e. The van der Waals surface area contributed by atoms with Crippen molar-refractivity contribution in [2.45, 2.75) is 33.5 Å². The van der Waals surface area contributed by atoms with Gasteiger partial charge in [0.05, 0.1) is 11.0 Å². The molecule has 2 N–H and O–H groups in total. The van der Waals surface area contributed by atoms with Crippen molar-refractivity contribution in [3.05, 3.63) is 64.6 Å². The lowest BCUT2D eigenvalue weighted by Gasteiger charge is -2.08. The molecule has 0 aliphatic carbocycles. The molecule has 0 spiro atoms. The topological polar surface area (TPSA) is 68.1 Å². The van der Waals surface area contributed by atoms with E-state index in [1.807, 2.05) is 55.5 Å². The number of carbonyl (C=O) groups is 1. The van der Waals surface area contributed by atoms with Crippen molar-refractivity contribution in [3.63, 3.8) is 0 Å². The zero-order chi connectivity index (χ0) is 18.5. The van der Waals surface area contributed by atoms with Crippen molar-refractivity contribution in [1.29, 1.82) is 0 Å². The number of nitrogens with zero attached hydrogens (tertiary/aromatic N) is 2. The average molecular weight is 352 g/mol. The summed E-state index contributed by atoms with van der Waals surface area (Å²) >= 11 is 0. The Morgan fingerprint density at radius 2 is 1.73 bits per heavy atom. The van der Waals surface area contributed by atoms with Gasteiger partial charge in [-0.25, -0.2) is 4.79 Å². The molecule has 1 amide bonds. The normalized spacial score (nSPS) is 11.0. The van der Waals surface area contributed by atoms with Gasteiger partial charge in [-0.3, -0.25) is 13.9 Å². The number of para-hydroxylation sites is 2. The van der Waals surface area contributed by atoms with Crippen LogP contribution >= 0.6 is 0 Å². The first-order chi connectivity index (χ1) is 12.6. The van der Waals surface area contributed by atoms with Crippen LogP contribution in [0, 0.1) is 0 Å². The van der Waals surface area contributed by atoms with Crippen molar-refractivity contribution >= 4 is 22.6 Å². The summed E-state index contributed by atoms with van der Waals surface area (Å²) in [6, 6.07) is 15.3. The van der Waals surface area contributed by atoms with Gasteiger partial charge in [0, 0.05) is 18.8 Å². The van der Waals surface area contributed by atoms with E-state index in [9.17, 15) is 9.59 Å². The molecule has 1 aromatic heterocycles. The van der Waals surface area contributed by atoms with Crippen molar-refractivity contribution in [2.75, 3.05) is 11.9 Å². The van der Waals surface area contributed by atoms with E-state index in [0.717, 1.165) is 35.4 Å². The quantitative estimate of drug-likeness (QED) is 0.687. The third-order valence-corrected chi connectivity index (χ3v) is 4.33. The van der Waals surface area contributed by atoms with Crippen LogP contribution < -0.4 is 16.3 Å². The maximum atomic E-state index is 12.6. The number of hydrogen-bond acceptors (Lipinski definition) is 3. The number of aryl methyl sites for hydroxylation is 1. The minimum Gasteiger partial charge on any atom is -0.325 e. The molecule has 26 heavy (non-hydrogen) atoms. The predicted octanol–water partition coefficient (Wildman–Crippen LogP) is 2.57. The Balaban J connectivity index is 1.80. The van der Waals surface area contributed by atoms with E-state index >= 15 is 0 Å². The molecular weight excluding hydrogens is 328 g/mol. The third kappa shape index (κ3) is 3.70. The molecule has 0 saturated heterocycles. The van der Waals surface area contributed by atoms with E-state index in [1.54, 1.807) is 4.57 Å². The van der Waals surface area contributed by atoms with Gasteiger partial charge in [-0.2, -0.15) is 0 Å². The fraction of sp³-hybridized carbons (Fsp3) is 0.300. The van der Waals surface area contributed by atoms with Crippen molar-refractivity contribution in [1.82, 2.24) is 14.5 Å². The van der Waals surface area contributed by atoms with Gasteiger partial charge in [0.1, 0.15) is 6.54 Å². The molecule has 0 saturated carbocycles. The number of amides is 1. The minimum atomic E-state index is -0.216. The molecule has 136 valence electrons. The molecule has 0 fully saturated rings. The number of rotatable bonds is 7. The molecular formula is C20H24N4O2. The fourth-order valence-electron chi connectivity index (χ4n) is 3.10. The Hall–Kier alpha value is -2.86. The van der Waals surface area contributed by atoms with Crippen LogP contribution in [-0.4, -0.2) is 21.6 Å². The van der Waals surface area contributed by atoms with Crippen LogP contribution in [-0.2, 0) is 24.4 Å². The zero-order valence-corrected chi connectivity index (χ0v) is 15.2. The lowest BCUT2D eigenvalue weighted by atomic mass is 10.2. The highest BCUT2D eigenvalue weighted by molar-refractivity contribution is 5.91. The second-order valence-electron chi connectivity index (χ2n) is 6.13. The summed E-state index contributed by atoms with van der Waals surface area (Å²) < 4.78 is 3.20. The Morgan fingerprint density at radius 3 is 2.42 bits per heavy atom. The Kier molecular flexibility index (Phi) is 5.53. The largest absolute Gasteiger partial charge is 0.329 e. The SMILES string of the molecule is CCNCc1cccc(NC(=O)Cn2c(=O)n(CC)c3ccccc32)c1. The van der Waals surface area contributed by atoms with Crippen LogP contribution in [0.25, 0.3) is 11.0 Å². The summed E-state index contributed by atoms with van der Waals surface area (Å²) in [5, 5.41) is 6.15. The molecule has 0 bridgehead atoms. The highest BCUT2D eigenvalue weighted by Crippen LogP contribution is 2.14. The van der Waals surface area contributed by atoms with Crippen LogP contribution in [0.3, 0.4) is 0 Å².